The van der Waals surface area contributed by atoms with Gasteiger partial charge in [-0.25, -0.2) is 0 Å². The zero-order valence-corrected chi connectivity index (χ0v) is 27.9. The zero-order chi connectivity index (χ0) is 30.2. The molecule has 0 aromatic heterocycles. The lowest BCUT2D eigenvalue weighted by atomic mass is 9.84. The van der Waals surface area contributed by atoms with Crippen LogP contribution < -0.4 is 10.1 Å². The summed E-state index contributed by atoms with van der Waals surface area (Å²) in [5.41, 5.74) is 5.36. The van der Waals surface area contributed by atoms with E-state index in [9.17, 15) is 4.79 Å². The molecule has 0 saturated heterocycles. The maximum Gasteiger partial charge on any atom is 0.228 e. The first-order valence-corrected chi connectivity index (χ1v) is 17.5. The van der Waals surface area contributed by atoms with Gasteiger partial charge in [-0.05, 0) is 41.4 Å². The highest BCUT2D eigenvalue weighted by molar-refractivity contribution is 8.02. The third-order valence-electron chi connectivity index (χ3n) is 8.14. The van der Waals surface area contributed by atoms with Crippen LogP contribution in [0.25, 0.3) is 0 Å². The number of thioether (sulfide) groups is 1. The lowest BCUT2D eigenvalue weighted by molar-refractivity contribution is -0.115. The van der Waals surface area contributed by atoms with Crippen LogP contribution in [0.2, 0.25) is 0 Å². The van der Waals surface area contributed by atoms with Gasteiger partial charge < -0.3 is 15.0 Å². The standard InChI is InChI=1S/C37H56N2O2S/c1-6-7-8-9-10-11-12-13-14-15-16-19-25-41-36-31(22-20-23-33(36)37(3,4)5)26-35(40)38-34-24-18-17-21-32(34)27-39-29-42-28-30(39)2/h17-18,20-24,28H,6-16,19,25-27,29H2,1-5H3,(H,38,40). The van der Waals surface area contributed by atoms with E-state index in [0.29, 0.717) is 13.0 Å². The number of para-hydroxylation sites is 2. The van der Waals surface area contributed by atoms with Gasteiger partial charge in [0.2, 0.25) is 5.91 Å². The topological polar surface area (TPSA) is 41.6 Å². The maximum atomic E-state index is 13.3. The number of amides is 1. The molecule has 2 aromatic rings. The van der Waals surface area contributed by atoms with Gasteiger partial charge in [0.15, 0.2) is 0 Å². The molecule has 0 fully saturated rings. The van der Waals surface area contributed by atoms with E-state index in [0.717, 1.165) is 41.4 Å². The molecule has 232 valence electrons. The van der Waals surface area contributed by atoms with Crippen LogP contribution in [0.5, 0.6) is 5.75 Å². The fraction of sp³-hybridized carbons (Fsp3) is 0.595. The largest absolute Gasteiger partial charge is 0.493 e. The minimum absolute atomic E-state index is 0.00761. The quantitative estimate of drug-likeness (QED) is 0.165. The summed E-state index contributed by atoms with van der Waals surface area (Å²) in [7, 11) is 0. The van der Waals surface area contributed by atoms with Crippen molar-refractivity contribution in [3.05, 3.63) is 70.3 Å². The molecule has 0 unspecified atom stereocenters. The highest BCUT2D eigenvalue weighted by Crippen LogP contribution is 2.35. The molecule has 0 bridgehead atoms. The van der Waals surface area contributed by atoms with Crippen molar-refractivity contribution in [2.75, 3.05) is 17.8 Å². The Labute approximate surface area is 261 Å². The molecule has 1 aliphatic heterocycles. The van der Waals surface area contributed by atoms with E-state index in [2.05, 4.69) is 68.4 Å². The molecule has 0 aliphatic carbocycles. The van der Waals surface area contributed by atoms with Crippen LogP contribution in [0.3, 0.4) is 0 Å². The van der Waals surface area contributed by atoms with E-state index < -0.39 is 0 Å². The van der Waals surface area contributed by atoms with Crippen molar-refractivity contribution in [1.29, 1.82) is 0 Å². The second-order valence-electron chi connectivity index (χ2n) is 12.9. The minimum atomic E-state index is -0.0654. The Balaban J connectivity index is 1.50. The Morgan fingerprint density at radius 1 is 0.857 bits per heavy atom. The molecule has 0 radical (unpaired) electrons. The monoisotopic (exact) mass is 592 g/mol. The van der Waals surface area contributed by atoms with Gasteiger partial charge in [-0.2, -0.15) is 0 Å². The number of carbonyl (C=O) groups is 1. The van der Waals surface area contributed by atoms with Crippen LogP contribution in [0.4, 0.5) is 5.69 Å². The number of carbonyl (C=O) groups excluding carboxylic acids is 1. The zero-order valence-electron chi connectivity index (χ0n) is 27.1. The molecule has 1 amide bonds. The van der Waals surface area contributed by atoms with Gasteiger partial charge in [-0.3, -0.25) is 4.79 Å². The second-order valence-corrected chi connectivity index (χ2v) is 13.7. The van der Waals surface area contributed by atoms with Crippen molar-refractivity contribution >= 4 is 23.4 Å². The van der Waals surface area contributed by atoms with Gasteiger partial charge in [0.25, 0.3) is 0 Å². The number of hydrogen-bond donors (Lipinski definition) is 1. The highest BCUT2D eigenvalue weighted by atomic mass is 32.2. The first-order valence-electron chi connectivity index (χ1n) is 16.5. The van der Waals surface area contributed by atoms with Crippen LogP contribution in [-0.4, -0.2) is 23.3 Å². The van der Waals surface area contributed by atoms with Crippen molar-refractivity contribution in [3.63, 3.8) is 0 Å². The summed E-state index contributed by atoms with van der Waals surface area (Å²) in [5, 5.41) is 5.40. The SMILES string of the molecule is CCCCCCCCCCCCCCOc1c(CC(=O)Nc2ccccc2CN2CSC=C2C)cccc1C(C)(C)C. The summed E-state index contributed by atoms with van der Waals surface area (Å²) in [6.07, 6.45) is 16.2. The Hall–Kier alpha value is -2.40. The summed E-state index contributed by atoms with van der Waals surface area (Å²) in [4.78, 5) is 15.7. The van der Waals surface area contributed by atoms with Crippen molar-refractivity contribution in [2.45, 2.75) is 130 Å². The Bertz CT molecular complexity index is 1120. The van der Waals surface area contributed by atoms with Gasteiger partial charge >= 0.3 is 0 Å². The predicted octanol–water partition coefficient (Wildman–Crippen LogP) is 10.6. The molecule has 4 nitrogen and oxygen atoms in total. The predicted molar refractivity (Wildman–Crippen MR) is 182 cm³/mol. The van der Waals surface area contributed by atoms with E-state index in [1.54, 1.807) is 0 Å². The van der Waals surface area contributed by atoms with Gasteiger partial charge in [0.05, 0.1) is 18.9 Å². The fourth-order valence-corrected chi connectivity index (χ4v) is 6.49. The molecule has 0 atom stereocenters. The Kier molecular flexibility index (Phi) is 14.9. The fourth-order valence-electron chi connectivity index (χ4n) is 5.55. The van der Waals surface area contributed by atoms with Crippen molar-refractivity contribution in [3.8, 4) is 5.75 Å². The average Bonchev–Trinajstić information content (AvgIpc) is 3.36. The number of allylic oxidation sites excluding steroid dienone is 1. The van der Waals surface area contributed by atoms with Gasteiger partial charge in [-0.1, -0.05) is 135 Å². The summed E-state index contributed by atoms with van der Waals surface area (Å²) >= 11 is 1.82. The van der Waals surface area contributed by atoms with Gasteiger partial charge in [0, 0.05) is 23.5 Å². The first-order chi connectivity index (χ1) is 20.3. The van der Waals surface area contributed by atoms with Crippen molar-refractivity contribution in [2.24, 2.45) is 0 Å². The first kappa shape index (κ1) is 34.1. The lowest BCUT2D eigenvalue weighted by Gasteiger charge is -2.25. The summed E-state index contributed by atoms with van der Waals surface area (Å²) in [5.74, 6) is 1.84. The molecule has 3 rings (SSSR count). The minimum Gasteiger partial charge on any atom is -0.493 e. The van der Waals surface area contributed by atoms with E-state index in [4.69, 9.17) is 4.74 Å². The number of nitrogens with one attached hydrogen (secondary N) is 1. The molecule has 42 heavy (non-hydrogen) atoms. The molecule has 1 N–H and O–H groups in total. The number of unbranched alkanes of at least 4 members (excludes halogenated alkanes) is 11. The second kappa shape index (κ2) is 18.3. The highest BCUT2D eigenvalue weighted by Gasteiger charge is 2.23. The normalized spacial score (nSPS) is 13.4. The van der Waals surface area contributed by atoms with E-state index >= 15 is 0 Å². The smallest absolute Gasteiger partial charge is 0.228 e. The molecule has 1 aliphatic rings. The molecule has 5 heteroatoms. The Morgan fingerprint density at radius 2 is 1.48 bits per heavy atom. The molecular formula is C37H56N2O2S. The third-order valence-corrected chi connectivity index (χ3v) is 9.10. The van der Waals surface area contributed by atoms with Crippen LogP contribution in [0, 0.1) is 0 Å². The number of anilines is 1. The summed E-state index contributed by atoms with van der Waals surface area (Å²) in [6, 6.07) is 14.4. The van der Waals surface area contributed by atoms with Crippen molar-refractivity contribution < 1.29 is 9.53 Å². The maximum absolute atomic E-state index is 13.3. The number of hydrogen-bond acceptors (Lipinski definition) is 4. The number of nitrogens with zero attached hydrogens (tertiary/aromatic N) is 1. The Morgan fingerprint density at radius 3 is 2.10 bits per heavy atom. The van der Waals surface area contributed by atoms with E-state index in [1.807, 2.05) is 36.0 Å². The molecule has 2 aromatic carbocycles. The van der Waals surface area contributed by atoms with Gasteiger partial charge in [-0.15, -0.1) is 11.8 Å². The van der Waals surface area contributed by atoms with Crippen LogP contribution >= 0.6 is 11.8 Å². The number of benzene rings is 2. The summed E-state index contributed by atoms with van der Waals surface area (Å²) < 4.78 is 6.47. The molecular weight excluding hydrogens is 536 g/mol. The molecule has 0 spiro atoms. The number of ether oxygens (including phenoxy) is 1. The lowest BCUT2D eigenvalue weighted by Crippen LogP contribution is -2.21. The molecule has 0 saturated carbocycles. The third kappa shape index (κ3) is 11.7. The number of rotatable bonds is 19. The average molecular weight is 593 g/mol. The van der Waals surface area contributed by atoms with Crippen LogP contribution in [0.1, 0.15) is 128 Å². The van der Waals surface area contributed by atoms with Crippen LogP contribution in [-0.2, 0) is 23.2 Å². The molecule has 1 heterocycles. The van der Waals surface area contributed by atoms with E-state index in [-0.39, 0.29) is 11.3 Å². The van der Waals surface area contributed by atoms with Crippen LogP contribution in [0.15, 0.2) is 53.6 Å². The van der Waals surface area contributed by atoms with Gasteiger partial charge in [0.1, 0.15) is 5.75 Å². The summed E-state index contributed by atoms with van der Waals surface area (Å²) in [6.45, 7) is 12.6. The van der Waals surface area contributed by atoms with Crippen molar-refractivity contribution in [1.82, 2.24) is 4.90 Å². The van der Waals surface area contributed by atoms with E-state index in [1.165, 1.54) is 81.9 Å².